The first-order valence-electron chi connectivity index (χ1n) is 8.08. The Bertz CT molecular complexity index is 283. The third-order valence-electron chi connectivity index (χ3n) is 5.65. The molecule has 1 N–H and O–H groups in total. The molecule has 104 valence electrons. The number of hydrogen-bond donors (Lipinski definition) is 1. The Morgan fingerprint density at radius 2 is 1.89 bits per heavy atom. The summed E-state index contributed by atoms with van der Waals surface area (Å²) in [5.41, 5.74) is 0.346. The molecule has 0 radical (unpaired) electrons. The minimum atomic E-state index is 0.346. The third kappa shape index (κ3) is 2.46. The summed E-state index contributed by atoms with van der Waals surface area (Å²) in [7, 11) is 0. The van der Waals surface area contributed by atoms with Crippen LogP contribution in [0.25, 0.3) is 0 Å². The number of morpholine rings is 1. The van der Waals surface area contributed by atoms with E-state index in [0.29, 0.717) is 17.7 Å². The molecule has 0 amide bonds. The van der Waals surface area contributed by atoms with E-state index < -0.39 is 0 Å². The summed E-state index contributed by atoms with van der Waals surface area (Å²) in [6.07, 6.45) is 11.4. The first kappa shape index (κ1) is 12.9. The van der Waals surface area contributed by atoms with E-state index >= 15 is 0 Å². The van der Waals surface area contributed by atoms with Crippen LogP contribution in [0.5, 0.6) is 0 Å². The molecule has 3 rings (SSSR count). The molecule has 1 spiro atoms. The Morgan fingerprint density at radius 1 is 1.11 bits per heavy atom. The summed E-state index contributed by atoms with van der Waals surface area (Å²) < 4.78 is 6.24. The van der Waals surface area contributed by atoms with Gasteiger partial charge in [-0.1, -0.05) is 33.1 Å². The van der Waals surface area contributed by atoms with E-state index in [1.165, 1.54) is 51.4 Å². The maximum atomic E-state index is 6.24. The van der Waals surface area contributed by atoms with Gasteiger partial charge in [-0.25, -0.2) is 0 Å². The lowest BCUT2D eigenvalue weighted by Gasteiger charge is -2.51. The van der Waals surface area contributed by atoms with Crippen LogP contribution >= 0.6 is 0 Å². The number of fused-ring (bicyclic) bond motifs is 1. The van der Waals surface area contributed by atoms with Gasteiger partial charge in [0, 0.05) is 11.6 Å². The molecular formula is C16H29NO. The number of hydrogen-bond acceptors (Lipinski definition) is 2. The van der Waals surface area contributed by atoms with Crippen LogP contribution in [0.1, 0.15) is 65.2 Å². The third-order valence-corrected chi connectivity index (χ3v) is 5.65. The van der Waals surface area contributed by atoms with Crippen molar-refractivity contribution < 1.29 is 4.74 Å². The summed E-state index contributed by atoms with van der Waals surface area (Å²) in [5.74, 6) is 1.73. The van der Waals surface area contributed by atoms with Gasteiger partial charge < -0.3 is 10.1 Å². The Hall–Kier alpha value is -0.0800. The normalized spacial score (nSPS) is 39.8. The van der Waals surface area contributed by atoms with Crippen LogP contribution in [0.4, 0.5) is 0 Å². The van der Waals surface area contributed by atoms with Crippen molar-refractivity contribution in [1.82, 2.24) is 5.32 Å². The molecule has 3 fully saturated rings. The van der Waals surface area contributed by atoms with Gasteiger partial charge in [0.15, 0.2) is 0 Å². The minimum absolute atomic E-state index is 0.346. The SMILES string of the molecule is CC(C)C1CCC2OCC3(CCCCC3)NC2C1. The highest BCUT2D eigenvalue weighted by Crippen LogP contribution is 2.38. The zero-order valence-corrected chi connectivity index (χ0v) is 12.1. The molecule has 1 heterocycles. The molecule has 3 unspecified atom stereocenters. The molecule has 0 bridgehead atoms. The van der Waals surface area contributed by atoms with Gasteiger partial charge in [-0.2, -0.15) is 0 Å². The average molecular weight is 251 g/mol. The fourth-order valence-electron chi connectivity index (χ4n) is 4.35. The largest absolute Gasteiger partial charge is 0.375 e. The molecule has 3 atom stereocenters. The fourth-order valence-corrected chi connectivity index (χ4v) is 4.35. The zero-order valence-electron chi connectivity index (χ0n) is 12.1. The van der Waals surface area contributed by atoms with E-state index in [4.69, 9.17) is 4.74 Å². The Morgan fingerprint density at radius 3 is 2.61 bits per heavy atom. The van der Waals surface area contributed by atoms with Crippen molar-refractivity contribution in [2.24, 2.45) is 11.8 Å². The summed E-state index contributed by atoms with van der Waals surface area (Å²) in [6.45, 7) is 5.73. The van der Waals surface area contributed by atoms with Crippen molar-refractivity contribution in [3.05, 3.63) is 0 Å². The van der Waals surface area contributed by atoms with Crippen molar-refractivity contribution in [3.8, 4) is 0 Å². The number of rotatable bonds is 1. The van der Waals surface area contributed by atoms with Gasteiger partial charge in [0.2, 0.25) is 0 Å². The van der Waals surface area contributed by atoms with E-state index in [1.54, 1.807) is 0 Å². The van der Waals surface area contributed by atoms with Gasteiger partial charge in [0.25, 0.3) is 0 Å². The molecule has 2 heteroatoms. The lowest BCUT2D eigenvalue weighted by atomic mass is 9.74. The first-order chi connectivity index (χ1) is 8.69. The Balaban J connectivity index is 1.65. The van der Waals surface area contributed by atoms with E-state index in [1.807, 2.05) is 0 Å². The quantitative estimate of drug-likeness (QED) is 0.770. The number of ether oxygens (including phenoxy) is 1. The summed E-state index contributed by atoms with van der Waals surface area (Å²) in [6, 6.07) is 0.637. The first-order valence-corrected chi connectivity index (χ1v) is 8.08. The standard InChI is InChI=1S/C16H29NO/c1-12(2)13-6-7-15-14(10-13)17-16(11-18-15)8-4-3-5-9-16/h12-15,17H,3-11H2,1-2H3. The molecule has 0 aromatic heterocycles. The highest BCUT2D eigenvalue weighted by atomic mass is 16.5. The smallest absolute Gasteiger partial charge is 0.0729 e. The van der Waals surface area contributed by atoms with Crippen molar-refractivity contribution in [2.75, 3.05) is 6.61 Å². The summed E-state index contributed by atoms with van der Waals surface area (Å²) in [5, 5.41) is 4.03. The Kier molecular flexibility index (Phi) is 3.68. The maximum absolute atomic E-state index is 6.24. The molecular weight excluding hydrogens is 222 g/mol. The van der Waals surface area contributed by atoms with E-state index in [9.17, 15) is 0 Å². The second-order valence-corrected chi connectivity index (χ2v) is 7.26. The predicted molar refractivity (Wildman–Crippen MR) is 74.7 cm³/mol. The summed E-state index contributed by atoms with van der Waals surface area (Å²) in [4.78, 5) is 0. The van der Waals surface area contributed by atoms with Crippen molar-refractivity contribution in [2.45, 2.75) is 82.9 Å². The average Bonchev–Trinajstić information content (AvgIpc) is 2.38. The lowest BCUT2D eigenvalue weighted by molar-refractivity contribution is -0.0971. The molecule has 18 heavy (non-hydrogen) atoms. The van der Waals surface area contributed by atoms with Crippen molar-refractivity contribution in [3.63, 3.8) is 0 Å². The molecule has 2 aliphatic carbocycles. The van der Waals surface area contributed by atoms with Crippen LogP contribution < -0.4 is 5.32 Å². The van der Waals surface area contributed by atoms with Gasteiger partial charge in [0.1, 0.15) is 0 Å². The highest BCUT2D eigenvalue weighted by Gasteiger charge is 2.44. The lowest BCUT2D eigenvalue weighted by Crippen LogP contribution is -2.64. The van der Waals surface area contributed by atoms with E-state index in [0.717, 1.165) is 18.4 Å². The van der Waals surface area contributed by atoms with Crippen molar-refractivity contribution in [1.29, 1.82) is 0 Å². The van der Waals surface area contributed by atoms with Crippen LogP contribution in [0.15, 0.2) is 0 Å². The van der Waals surface area contributed by atoms with Crippen LogP contribution in [-0.2, 0) is 4.74 Å². The topological polar surface area (TPSA) is 21.3 Å². The van der Waals surface area contributed by atoms with Crippen LogP contribution in [-0.4, -0.2) is 24.3 Å². The van der Waals surface area contributed by atoms with Gasteiger partial charge in [-0.15, -0.1) is 0 Å². The van der Waals surface area contributed by atoms with E-state index in [-0.39, 0.29) is 0 Å². The van der Waals surface area contributed by atoms with Crippen LogP contribution in [0.2, 0.25) is 0 Å². The molecule has 1 saturated heterocycles. The fraction of sp³-hybridized carbons (Fsp3) is 1.00. The molecule has 0 aromatic rings. The molecule has 0 aromatic carbocycles. The molecule has 1 aliphatic heterocycles. The zero-order chi connectivity index (χ0) is 12.6. The maximum Gasteiger partial charge on any atom is 0.0729 e. The summed E-state index contributed by atoms with van der Waals surface area (Å²) >= 11 is 0. The van der Waals surface area contributed by atoms with Gasteiger partial charge in [-0.05, 0) is 43.9 Å². The monoisotopic (exact) mass is 251 g/mol. The van der Waals surface area contributed by atoms with Crippen LogP contribution in [0, 0.1) is 11.8 Å². The molecule has 2 saturated carbocycles. The second kappa shape index (κ2) is 5.13. The number of nitrogens with one attached hydrogen (secondary N) is 1. The van der Waals surface area contributed by atoms with Gasteiger partial charge in [0.05, 0.1) is 12.7 Å². The van der Waals surface area contributed by atoms with Gasteiger partial charge >= 0.3 is 0 Å². The highest BCUT2D eigenvalue weighted by molar-refractivity contribution is 5.01. The molecule has 2 nitrogen and oxygen atoms in total. The van der Waals surface area contributed by atoms with E-state index in [2.05, 4.69) is 19.2 Å². The van der Waals surface area contributed by atoms with Gasteiger partial charge in [-0.3, -0.25) is 0 Å². The molecule has 3 aliphatic rings. The minimum Gasteiger partial charge on any atom is -0.375 e. The predicted octanol–water partition coefficient (Wildman–Crippen LogP) is 3.50. The van der Waals surface area contributed by atoms with Crippen LogP contribution in [0.3, 0.4) is 0 Å². The van der Waals surface area contributed by atoms with Crippen molar-refractivity contribution >= 4 is 0 Å². The second-order valence-electron chi connectivity index (χ2n) is 7.26. The Labute approximate surface area is 112 Å².